The minimum atomic E-state index is -4.84. The Hall–Kier alpha value is -4.97. The molecule has 0 aliphatic carbocycles. The number of para-hydroxylation sites is 1. The molecule has 4 aromatic rings. The number of alkyl halides is 3. The number of hydrogen-bond acceptors (Lipinski definition) is 6. The second-order valence-electron chi connectivity index (χ2n) is 11.3. The summed E-state index contributed by atoms with van der Waals surface area (Å²) in [5, 5.41) is -0.0455. The zero-order valence-corrected chi connectivity index (χ0v) is 26.3. The van der Waals surface area contributed by atoms with Gasteiger partial charge in [-0.1, -0.05) is 42.5 Å². The van der Waals surface area contributed by atoms with Crippen LogP contribution in [0.15, 0.2) is 76.3 Å². The Morgan fingerprint density at radius 3 is 2.23 bits per heavy atom. The Morgan fingerprint density at radius 1 is 0.915 bits per heavy atom. The van der Waals surface area contributed by atoms with E-state index in [-0.39, 0.29) is 41.1 Å². The van der Waals surface area contributed by atoms with Crippen LogP contribution in [0.2, 0.25) is 0 Å². The minimum Gasteiger partial charge on any atom is -0.462 e. The monoisotopic (exact) mass is 648 g/mol. The van der Waals surface area contributed by atoms with E-state index in [0.717, 1.165) is 17.7 Å². The van der Waals surface area contributed by atoms with Crippen molar-refractivity contribution in [2.75, 3.05) is 39.3 Å². The van der Waals surface area contributed by atoms with Crippen LogP contribution < -0.4 is 11.2 Å². The van der Waals surface area contributed by atoms with Gasteiger partial charge in [0.1, 0.15) is 0 Å². The van der Waals surface area contributed by atoms with Gasteiger partial charge in [-0.3, -0.25) is 19.1 Å². The van der Waals surface area contributed by atoms with Crippen LogP contribution in [0.25, 0.3) is 22.7 Å². The zero-order chi connectivity index (χ0) is 33.9. The lowest BCUT2D eigenvalue weighted by Gasteiger charge is -2.34. The Labute approximate surface area is 269 Å². The van der Waals surface area contributed by atoms with Gasteiger partial charge in [-0.2, -0.15) is 13.2 Å². The number of aryl methyl sites for hydroxylation is 2. The fourth-order valence-electron chi connectivity index (χ4n) is 5.99. The second kappa shape index (κ2) is 13.8. The van der Waals surface area contributed by atoms with Gasteiger partial charge in [-0.05, 0) is 61.7 Å². The summed E-state index contributed by atoms with van der Waals surface area (Å²) >= 11 is 0. The summed E-state index contributed by atoms with van der Waals surface area (Å²) in [6.45, 7) is 7.21. The molecule has 1 amide bonds. The van der Waals surface area contributed by atoms with E-state index in [1.54, 1.807) is 24.8 Å². The lowest BCUT2D eigenvalue weighted by molar-refractivity contribution is -0.137. The molecule has 0 saturated carbocycles. The van der Waals surface area contributed by atoms with Crippen LogP contribution in [0.3, 0.4) is 0 Å². The number of esters is 1. The molecule has 3 aromatic carbocycles. The van der Waals surface area contributed by atoms with Gasteiger partial charge >= 0.3 is 17.8 Å². The van der Waals surface area contributed by atoms with Gasteiger partial charge in [0, 0.05) is 45.3 Å². The normalized spacial score (nSPS) is 14.2. The molecule has 1 aliphatic heterocycles. The Balaban J connectivity index is 1.50. The third-order valence-corrected chi connectivity index (χ3v) is 8.36. The molecule has 1 aliphatic rings. The summed E-state index contributed by atoms with van der Waals surface area (Å²) in [4.78, 5) is 57.4. The molecule has 9 nitrogen and oxygen atoms in total. The van der Waals surface area contributed by atoms with Crippen molar-refractivity contribution in [3.63, 3.8) is 0 Å². The Kier molecular flexibility index (Phi) is 9.80. The number of aromatic nitrogens is 2. The van der Waals surface area contributed by atoms with Crippen molar-refractivity contribution in [3.05, 3.63) is 115 Å². The van der Waals surface area contributed by atoms with Gasteiger partial charge in [-0.15, -0.1) is 0 Å². The number of rotatable bonds is 8. The number of carbonyl (C=O) groups is 2. The summed E-state index contributed by atoms with van der Waals surface area (Å²) in [6.07, 6.45) is -1.54. The van der Waals surface area contributed by atoms with Crippen LogP contribution in [0.1, 0.15) is 39.5 Å². The van der Waals surface area contributed by atoms with E-state index in [9.17, 15) is 32.3 Å². The SMILES string of the molecule is CCOC(=O)c1c(C)cc2c(c1C)c(=O)n(-c1ccccc1C(F)(F)F)c(=O)n2CCN1CCN(C(=O)/C=C/c2ccccc2)CC1. The number of piperazine rings is 1. The molecular weight excluding hydrogens is 613 g/mol. The van der Waals surface area contributed by atoms with E-state index in [1.165, 1.54) is 35.8 Å². The first kappa shape index (κ1) is 33.4. The molecule has 1 fully saturated rings. The summed E-state index contributed by atoms with van der Waals surface area (Å²) < 4.78 is 49.3. The van der Waals surface area contributed by atoms with Crippen molar-refractivity contribution in [3.8, 4) is 5.69 Å². The fraction of sp³-hybridized carbons (Fsp3) is 0.314. The fourth-order valence-corrected chi connectivity index (χ4v) is 5.99. The largest absolute Gasteiger partial charge is 0.462 e. The predicted octanol–water partition coefficient (Wildman–Crippen LogP) is 4.82. The lowest BCUT2D eigenvalue weighted by Crippen LogP contribution is -2.49. The molecule has 0 spiro atoms. The van der Waals surface area contributed by atoms with Crippen LogP contribution in [0.4, 0.5) is 13.2 Å². The third-order valence-electron chi connectivity index (χ3n) is 8.36. The standard InChI is InChI=1S/C35H35F3N4O5/c1-4-47-33(45)30-23(2)22-28-31(24(30)3)32(44)42(27-13-9-8-12-26(27)35(36,37)38)34(46)41(28)21-18-39-16-19-40(20-17-39)29(43)15-14-25-10-6-5-7-11-25/h5-15,22H,4,16-21H2,1-3H3/b15-14+. The number of amides is 1. The van der Waals surface area contributed by atoms with Crippen LogP contribution in [-0.2, 0) is 22.3 Å². The van der Waals surface area contributed by atoms with Crippen LogP contribution in [0, 0.1) is 13.8 Å². The molecule has 0 N–H and O–H groups in total. The Bertz CT molecular complexity index is 1960. The molecule has 0 radical (unpaired) electrons. The van der Waals surface area contributed by atoms with Crippen LogP contribution in [-0.4, -0.2) is 70.1 Å². The summed E-state index contributed by atoms with van der Waals surface area (Å²) in [7, 11) is 0. The molecule has 1 aromatic heterocycles. The van der Waals surface area contributed by atoms with Crippen molar-refractivity contribution in [1.29, 1.82) is 0 Å². The summed E-state index contributed by atoms with van der Waals surface area (Å²) in [5.74, 6) is -0.788. The minimum absolute atomic E-state index is 0.0449. The molecule has 2 heterocycles. The summed E-state index contributed by atoms with van der Waals surface area (Å²) in [6, 6.07) is 15.4. The second-order valence-corrected chi connectivity index (χ2v) is 11.3. The number of benzene rings is 3. The van der Waals surface area contributed by atoms with Crippen molar-refractivity contribution in [1.82, 2.24) is 18.9 Å². The highest BCUT2D eigenvalue weighted by Gasteiger charge is 2.35. The van der Waals surface area contributed by atoms with Gasteiger partial charge in [0.2, 0.25) is 5.91 Å². The highest BCUT2D eigenvalue weighted by Crippen LogP contribution is 2.33. The first-order chi connectivity index (χ1) is 22.4. The highest BCUT2D eigenvalue weighted by atomic mass is 19.4. The Morgan fingerprint density at radius 2 is 1.57 bits per heavy atom. The van der Waals surface area contributed by atoms with Crippen molar-refractivity contribution in [2.45, 2.75) is 33.5 Å². The van der Waals surface area contributed by atoms with Gasteiger partial charge in [-0.25, -0.2) is 14.2 Å². The van der Waals surface area contributed by atoms with Crippen LogP contribution in [0.5, 0.6) is 0 Å². The molecule has 0 unspecified atom stereocenters. The maximum Gasteiger partial charge on any atom is 0.418 e. The van der Waals surface area contributed by atoms with Crippen molar-refractivity contribution >= 4 is 28.9 Å². The molecule has 0 atom stereocenters. The maximum absolute atomic E-state index is 14.1. The van der Waals surface area contributed by atoms with E-state index in [4.69, 9.17) is 4.74 Å². The average Bonchev–Trinajstić information content (AvgIpc) is 3.04. The van der Waals surface area contributed by atoms with Crippen LogP contribution >= 0.6 is 0 Å². The van der Waals surface area contributed by atoms with Crippen molar-refractivity contribution in [2.24, 2.45) is 0 Å². The number of carbonyl (C=O) groups excluding carboxylic acids is 2. The molecule has 246 valence electrons. The molecule has 12 heteroatoms. The molecule has 0 bridgehead atoms. The number of halogens is 3. The van der Waals surface area contributed by atoms with E-state index in [2.05, 4.69) is 4.90 Å². The molecule has 1 saturated heterocycles. The number of fused-ring (bicyclic) bond motifs is 1. The lowest BCUT2D eigenvalue weighted by atomic mass is 9.98. The maximum atomic E-state index is 14.1. The molecule has 47 heavy (non-hydrogen) atoms. The van der Waals surface area contributed by atoms with Gasteiger partial charge in [0.25, 0.3) is 5.56 Å². The smallest absolute Gasteiger partial charge is 0.418 e. The number of nitrogens with zero attached hydrogens (tertiary/aromatic N) is 4. The zero-order valence-electron chi connectivity index (χ0n) is 26.3. The first-order valence-electron chi connectivity index (χ1n) is 15.3. The van der Waals surface area contributed by atoms with E-state index in [0.29, 0.717) is 42.9 Å². The van der Waals surface area contributed by atoms with E-state index < -0.39 is 34.6 Å². The molecular formula is C35H35F3N4O5. The quantitative estimate of drug-likeness (QED) is 0.201. The topological polar surface area (TPSA) is 93.8 Å². The third kappa shape index (κ3) is 6.92. The first-order valence-corrected chi connectivity index (χ1v) is 15.3. The van der Waals surface area contributed by atoms with E-state index >= 15 is 0 Å². The predicted molar refractivity (Wildman–Crippen MR) is 173 cm³/mol. The van der Waals surface area contributed by atoms with Gasteiger partial charge in [0.15, 0.2) is 0 Å². The molecule has 5 rings (SSSR count). The number of ether oxygens (including phenoxy) is 1. The average molecular weight is 649 g/mol. The van der Waals surface area contributed by atoms with Gasteiger partial charge < -0.3 is 9.64 Å². The highest BCUT2D eigenvalue weighted by molar-refractivity contribution is 5.99. The summed E-state index contributed by atoms with van der Waals surface area (Å²) in [5.41, 5.74) is -1.70. The van der Waals surface area contributed by atoms with E-state index in [1.807, 2.05) is 30.3 Å². The number of hydrogen-bond donors (Lipinski definition) is 0. The van der Waals surface area contributed by atoms with Crippen molar-refractivity contribution < 1.29 is 27.5 Å². The van der Waals surface area contributed by atoms with Gasteiger partial charge in [0.05, 0.1) is 34.3 Å².